The van der Waals surface area contributed by atoms with Gasteiger partial charge < -0.3 is 11.1 Å². The maximum Gasteiger partial charge on any atom is 0.159 e. The first kappa shape index (κ1) is 14.2. The number of nitrogens with zero attached hydrogens (tertiary/aromatic N) is 4. The van der Waals surface area contributed by atoms with Crippen molar-refractivity contribution in [3.05, 3.63) is 66.7 Å². The van der Waals surface area contributed by atoms with Gasteiger partial charge >= 0.3 is 0 Å². The Morgan fingerprint density at radius 2 is 1.96 bits per heavy atom. The van der Waals surface area contributed by atoms with Crippen LogP contribution >= 0.6 is 0 Å². The number of hydrogen-bond donors (Lipinski definition) is 2. The SMILES string of the molecule is Cc1ccccc1Nc1cncc(-n2cnc3ccc(N)cc32)n1. The van der Waals surface area contributed by atoms with E-state index >= 15 is 0 Å². The largest absolute Gasteiger partial charge is 0.399 e. The van der Waals surface area contributed by atoms with Crippen LogP contribution in [0.1, 0.15) is 5.56 Å². The lowest BCUT2D eigenvalue weighted by Crippen LogP contribution is -2.02. The Kier molecular flexibility index (Phi) is 3.35. The number of para-hydroxylation sites is 1. The minimum Gasteiger partial charge on any atom is -0.399 e. The Hall–Kier alpha value is -3.41. The highest BCUT2D eigenvalue weighted by atomic mass is 15.2. The van der Waals surface area contributed by atoms with E-state index in [0.29, 0.717) is 17.3 Å². The summed E-state index contributed by atoms with van der Waals surface area (Å²) in [5.74, 6) is 1.36. The first-order valence-corrected chi connectivity index (χ1v) is 7.58. The third kappa shape index (κ3) is 2.54. The molecule has 0 saturated carbocycles. The maximum atomic E-state index is 5.89. The van der Waals surface area contributed by atoms with E-state index in [0.717, 1.165) is 22.3 Å². The fourth-order valence-electron chi connectivity index (χ4n) is 2.59. The van der Waals surface area contributed by atoms with Crippen molar-refractivity contribution in [3.63, 3.8) is 0 Å². The van der Waals surface area contributed by atoms with Crippen LogP contribution < -0.4 is 11.1 Å². The highest BCUT2D eigenvalue weighted by Gasteiger charge is 2.08. The van der Waals surface area contributed by atoms with Gasteiger partial charge in [0.05, 0.1) is 23.4 Å². The van der Waals surface area contributed by atoms with E-state index in [4.69, 9.17) is 5.73 Å². The summed E-state index contributed by atoms with van der Waals surface area (Å²) >= 11 is 0. The molecular weight excluding hydrogens is 300 g/mol. The molecule has 0 unspecified atom stereocenters. The van der Waals surface area contributed by atoms with E-state index in [1.165, 1.54) is 0 Å². The van der Waals surface area contributed by atoms with Crippen LogP contribution in [0.3, 0.4) is 0 Å². The lowest BCUT2D eigenvalue weighted by Gasteiger charge is -2.10. The first-order valence-electron chi connectivity index (χ1n) is 7.58. The van der Waals surface area contributed by atoms with E-state index in [1.807, 2.05) is 54.0 Å². The van der Waals surface area contributed by atoms with Crippen molar-refractivity contribution in [2.45, 2.75) is 6.92 Å². The third-order valence-corrected chi connectivity index (χ3v) is 3.85. The summed E-state index contributed by atoms with van der Waals surface area (Å²) in [4.78, 5) is 13.3. The van der Waals surface area contributed by atoms with Crippen LogP contribution in [-0.4, -0.2) is 19.5 Å². The maximum absolute atomic E-state index is 5.89. The average molecular weight is 316 g/mol. The van der Waals surface area contributed by atoms with Crippen LogP contribution in [0.5, 0.6) is 0 Å². The minimum absolute atomic E-state index is 0.674. The van der Waals surface area contributed by atoms with Gasteiger partial charge in [-0.15, -0.1) is 0 Å². The second kappa shape index (κ2) is 5.66. The van der Waals surface area contributed by atoms with Gasteiger partial charge in [0.25, 0.3) is 0 Å². The van der Waals surface area contributed by atoms with Crippen LogP contribution in [-0.2, 0) is 0 Å². The number of imidazole rings is 1. The second-order valence-electron chi connectivity index (χ2n) is 5.57. The number of fused-ring (bicyclic) bond motifs is 1. The zero-order chi connectivity index (χ0) is 16.5. The Morgan fingerprint density at radius 3 is 2.83 bits per heavy atom. The number of anilines is 3. The van der Waals surface area contributed by atoms with Crippen molar-refractivity contribution < 1.29 is 0 Å². The summed E-state index contributed by atoms with van der Waals surface area (Å²) < 4.78 is 1.88. The van der Waals surface area contributed by atoms with Gasteiger partial charge in [0.1, 0.15) is 6.33 Å². The number of nitrogens with one attached hydrogen (secondary N) is 1. The Bertz CT molecular complexity index is 1020. The molecule has 6 nitrogen and oxygen atoms in total. The molecule has 0 saturated heterocycles. The highest BCUT2D eigenvalue weighted by Crippen LogP contribution is 2.22. The van der Waals surface area contributed by atoms with Crippen molar-refractivity contribution in [2.75, 3.05) is 11.1 Å². The zero-order valence-electron chi connectivity index (χ0n) is 13.1. The van der Waals surface area contributed by atoms with Crippen molar-refractivity contribution >= 4 is 28.2 Å². The molecule has 6 heteroatoms. The molecule has 24 heavy (non-hydrogen) atoms. The smallest absolute Gasteiger partial charge is 0.159 e. The number of benzene rings is 2. The van der Waals surface area contributed by atoms with Gasteiger partial charge in [-0.25, -0.2) is 9.97 Å². The van der Waals surface area contributed by atoms with Gasteiger partial charge in [-0.2, -0.15) is 0 Å². The highest BCUT2D eigenvalue weighted by molar-refractivity contribution is 5.80. The van der Waals surface area contributed by atoms with Crippen LogP contribution in [0.2, 0.25) is 0 Å². The molecule has 4 rings (SSSR count). The summed E-state index contributed by atoms with van der Waals surface area (Å²) in [5.41, 5.74) is 10.5. The Morgan fingerprint density at radius 1 is 1.08 bits per heavy atom. The molecule has 4 aromatic rings. The molecule has 0 aliphatic heterocycles. The molecule has 118 valence electrons. The van der Waals surface area contributed by atoms with Gasteiger partial charge in [0.15, 0.2) is 11.6 Å². The number of nitrogen functional groups attached to an aromatic ring is 1. The lowest BCUT2D eigenvalue weighted by molar-refractivity contribution is 0.998. The Labute approximate surface area is 139 Å². The number of aryl methyl sites for hydroxylation is 1. The number of hydrogen-bond acceptors (Lipinski definition) is 5. The average Bonchev–Trinajstić information content (AvgIpc) is 3.00. The van der Waals surface area contributed by atoms with E-state index < -0.39 is 0 Å². The van der Waals surface area contributed by atoms with E-state index in [2.05, 4.69) is 20.3 Å². The number of rotatable bonds is 3. The monoisotopic (exact) mass is 316 g/mol. The van der Waals surface area contributed by atoms with Crippen molar-refractivity contribution in [2.24, 2.45) is 0 Å². The molecule has 0 amide bonds. The molecule has 0 spiro atoms. The molecule has 2 aromatic carbocycles. The first-order chi connectivity index (χ1) is 11.7. The van der Waals surface area contributed by atoms with Gasteiger partial charge in [0, 0.05) is 11.4 Å². The van der Waals surface area contributed by atoms with Crippen molar-refractivity contribution in [3.8, 4) is 5.82 Å². The van der Waals surface area contributed by atoms with Gasteiger partial charge in [-0.1, -0.05) is 18.2 Å². The quantitative estimate of drug-likeness (QED) is 0.566. The second-order valence-corrected chi connectivity index (χ2v) is 5.57. The standard InChI is InChI=1S/C18H16N6/c1-12-4-2-3-5-14(12)22-17-9-20-10-18(23-17)24-11-21-15-7-6-13(19)8-16(15)24/h2-11H,19H2,1H3,(H,22,23). The number of aromatic nitrogens is 4. The van der Waals surface area contributed by atoms with Crippen LogP contribution in [0.4, 0.5) is 17.2 Å². The molecule has 2 heterocycles. The van der Waals surface area contributed by atoms with E-state index in [1.54, 1.807) is 18.7 Å². The fourth-order valence-corrected chi connectivity index (χ4v) is 2.59. The molecule has 0 aliphatic rings. The molecule has 0 atom stereocenters. The zero-order valence-corrected chi connectivity index (χ0v) is 13.1. The molecule has 2 aromatic heterocycles. The molecule has 0 fully saturated rings. The topological polar surface area (TPSA) is 81.7 Å². The van der Waals surface area contributed by atoms with Crippen molar-refractivity contribution in [1.82, 2.24) is 19.5 Å². The van der Waals surface area contributed by atoms with E-state index in [-0.39, 0.29) is 0 Å². The molecular formula is C18H16N6. The van der Waals surface area contributed by atoms with Gasteiger partial charge in [-0.05, 0) is 36.8 Å². The summed E-state index contributed by atoms with van der Waals surface area (Å²) in [5, 5.41) is 3.30. The third-order valence-electron chi connectivity index (χ3n) is 3.85. The predicted octanol–water partition coefficient (Wildman–Crippen LogP) is 3.45. The molecule has 0 radical (unpaired) electrons. The summed E-state index contributed by atoms with van der Waals surface area (Å²) in [6, 6.07) is 13.7. The molecule has 0 aliphatic carbocycles. The minimum atomic E-state index is 0.674. The summed E-state index contributed by atoms with van der Waals surface area (Å²) in [7, 11) is 0. The van der Waals surface area contributed by atoms with Gasteiger partial charge in [-0.3, -0.25) is 9.55 Å². The van der Waals surface area contributed by atoms with E-state index in [9.17, 15) is 0 Å². The molecule has 0 bridgehead atoms. The Balaban J connectivity index is 1.74. The normalized spacial score (nSPS) is 10.9. The lowest BCUT2D eigenvalue weighted by atomic mass is 10.2. The van der Waals surface area contributed by atoms with Crippen molar-refractivity contribution in [1.29, 1.82) is 0 Å². The van der Waals surface area contributed by atoms with Crippen LogP contribution in [0, 0.1) is 6.92 Å². The van der Waals surface area contributed by atoms with Crippen LogP contribution in [0.15, 0.2) is 61.2 Å². The fraction of sp³-hybridized carbons (Fsp3) is 0.0556. The van der Waals surface area contributed by atoms with Crippen LogP contribution in [0.25, 0.3) is 16.9 Å². The predicted molar refractivity (Wildman–Crippen MR) is 95.5 cm³/mol. The molecule has 3 N–H and O–H groups in total. The summed E-state index contributed by atoms with van der Waals surface area (Å²) in [6.45, 7) is 2.05. The summed E-state index contributed by atoms with van der Waals surface area (Å²) in [6.07, 6.45) is 5.13. The number of nitrogens with two attached hydrogens (primary N) is 1. The van der Waals surface area contributed by atoms with Gasteiger partial charge in [0.2, 0.25) is 0 Å².